The van der Waals surface area contributed by atoms with E-state index in [9.17, 15) is 0 Å². The van der Waals surface area contributed by atoms with Gasteiger partial charge in [0.15, 0.2) is 0 Å². The molecule has 5 heteroatoms. The molecule has 5 nitrogen and oxygen atoms in total. The summed E-state index contributed by atoms with van der Waals surface area (Å²) < 4.78 is 7.15. The van der Waals surface area contributed by atoms with Crippen molar-refractivity contribution in [3.63, 3.8) is 0 Å². The first kappa shape index (κ1) is 10.8. The Morgan fingerprint density at radius 2 is 2.06 bits per heavy atom. The quantitative estimate of drug-likeness (QED) is 0.665. The van der Waals surface area contributed by atoms with Gasteiger partial charge in [0.05, 0.1) is 23.2 Å². The fourth-order valence-electron chi connectivity index (χ4n) is 2.30. The Labute approximate surface area is 104 Å². The molecular weight excluding hydrogens is 228 g/mol. The Balaban J connectivity index is 2.34. The number of imidazole rings is 1. The predicted molar refractivity (Wildman–Crippen MR) is 70.1 cm³/mol. The highest BCUT2D eigenvalue weighted by Crippen LogP contribution is 2.32. The Kier molecular flexibility index (Phi) is 2.16. The van der Waals surface area contributed by atoms with Crippen LogP contribution in [0.3, 0.4) is 0 Å². The van der Waals surface area contributed by atoms with Crippen LogP contribution >= 0.6 is 0 Å². The van der Waals surface area contributed by atoms with Crippen molar-refractivity contribution in [3.05, 3.63) is 29.9 Å². The van der Waals surface area contributed by atoms with Crippen LogP contribution in [0, 0.1) is 13.8 Å². The highest BCUT2D eigenvalue weighted by Gasteiger charge is 2.14. The lowest BCUT2D eigenvalue weighted by Crippen LogP contribution is -1.92. The number of hydrogen-bond acceptors (Lipinski definition) is 4. The molecule has 1 aromatic carbocycles. The minimum absolute atomic E-state index is 0.670. The molecule has 0 aliphatic carbocycles. The standard InChI is InChI=1S/C13H14N4O/c1-7-12(8(2)18-16-7)9-4-10(14)13-11(5-9)17(3)6-15-13/h4-6H,14H2,1-3H3. The average Bonchev–Trinajstić information content (AvgIpc) is 2.84. The molecular formula is C13H14N4O. The molecule has 2 N–H and O–H groups in total. The number of anilines is 1. The van der Waals surface area contributed by atoms with Crippen molar-refractivity contribution in [2.24, 2.45) is 7.05 Å². The third-order valence-corrected chi connectivity index (χ3v) is 3.18. The molecule has 92 valence electrons. The van der Waals surface area contributed by atoms with Crippen LogP contribution in [-0.4, -0.2) is 14.7 Å². The maximum atomic E-state index is 6.05. The molecule has 3 rings (SSSR count). The molecule has 18 heavy (non-hydrogen) atoms. The van der Waals surface area contributed by atoms with Crippen LogP contribution in [0.15, 0.2) is 23.0 Å². The maximum absolute atomic E-state index is 6.05. The van der Waals surface area contributed by atoms with Crippen molar-refractivity contribution >= 4 is 16.7 Å². The van der Waals surface area contributed by atoms with Crippen LogP contribution in [-0.2, 0) is 7.05 Å². The fraction of sp³-hybridized carbons (Fsp3) is 0.231. The number of aromatic nitrogens is 3. The molecule has 0 saturated carbocycles. The monoisotopic (exact) mass is 242 g/mol. The van der Waals surface area contributed by atoms with Crippen molar-refractivity contribution in [2.45, 2.75) is 13.8 Å². The van der Waals surface area contributed by atoms with Crippen molar-refractivity contribution in [3.8, 4) is 11.1 Å². The molecule has 0 aliphatic heterocycles. The predicted octanol–water partition coefficient (Wildman–Crippen LogP) is 2.43. The minimum Gasteiger partial charge on any atom is -0.397 e. The number of nitrogens with two attached hydrogens (primary N) is 1. The highest BCUT2D eigenvalue weighted by atomic mass is 16.5. The zero-order chi connectivity index (χ0) is 12.9. The number of hydrogen-bond donors (Lipinski definition) is 1. The molecule has 3 aromatic rings. The van der Waals surface area contributed by atoms with Gasteiger partial charge >= 0.3 is 0 Å². The molecule has 0 amide bonds. The molecule has 0 spiro atoms. The Morgan fingerprint density at radius 1 is 1.28 bits per heavy atom. The summed E-state index contributed by atoms with van der Waals surface area (Å²) in [6.07, 6.45) is 1.76. The number of nitrogens with zero attached hydrogens (tertiary/aromatic N) is 3. The van der Waals surface area contributed by atoms with E-state index in [2.05, 4.69) is 16.2 Å². The summed E-state index contributed by atoms with van der Waals surface area (Å²) >= 11 is 0. The molecule has 2 aromatic heterocycles. The van der Waals surface area contributed by atoms with E-state index in [0.29, 0.717) is 5.69 Å². The van der Waals surface area contributed by atoms with E-state index in [1.54, 1.807) is 6.33 Å². The normalized spacial score (nSPS) is 11.3. The molecule has 0 saturated heterocycles. The van der Waals surface area contributed by atoms with Gasteiger partial charge in [-0.1, -0.05) is 5.16 Å². The second kappa shape index (κ2) is 3.60. The van der Waals surface area contributed by atoms with E-state index in [1.165, 1.54) is 0 Å². The number of rotatable bonds is 1. The summed E-state index contributed by atoms with van der Waals surface area (Å²) in [4.78, 5) is 4.28. The number of benzene rings is 1. The van der Waals surface area contributed by atoms with E-state index in [-0.39, 0.29) is 0 Å². The molecule has 0 fully saturated rings. The van der Waals surface area contributed by atoms with Crippen LogP contribution < -0.4 is 5.73 Å². The van der Waals surface area contributed by atoms with Crippen molar-refractivity contribution in [2.75, 3.05) is 5.73 Å². The van der Waals surface area contributed by atoms with Gasteiger partial charge in [-0.15, -0.1) is 0 Å². The lowest BCUT2D eigenvalue weighted by atomic mass is 10.0. The molecule has 0 bridgehead atoms. The van der Waals surface area contributed by atoms with E-state index in [4.69, 9.17) is 10.3 Å². The third-order valence-electron chi connectivity index (χ3n) is 3.18. The van der Waals surface area contributed by atoms with E-state index >= 15 is 0 Å². The van der Waals surface area contributed by atoms with Crippen LogP contribution in [0.25, 0.3) is 22.2 Å². The first-order chi connectivity index (χ1) is 8.58. The molecule has 0 aliphatic rings. The maximum Gasteiger partial charge on any atom is 0.141 e. The molecule has 0 unspecified atom stereocenters. The van der Waals surface area contributed by atoms with Gasteiger partial charge in [0, 0.05) is 12.6 Å². The number of nitrogen functional groups attached to an aromatic ring is 1. The number of fused-ring (bicyclic) bond motifs is 1. The first-order valence-corrected chi connectivity index (χ1v) is 5.71. The van der Waals surface area contributed by atoms with Gasteiger partial charge in [0.1, 0.15) is 11.3 Å². The topological polar surface area (TPSA) is 69.9 Å². The van der Waals surface area contributed by atoms with Crippen LogP contribution in [0.2, 0.25) is 0 Å². The fourth-order valence-corrected chi connectivity index (χ4v) is 2.30. The SMILES string of the molecule is Cc1noc(C)c1-c1cc(N)c2ncn(C)c2c1. The van der Waals surface area contributed by atoms with Crippen LogP contribution in [0.5, 0.6) is 0 Å². The number of aryl methyl sites for hydroxylation is 3. The van der Waals surface area contributed by atoms with Crippen molar-refractivity contribution in [1.82, 2.24) is 14.7 Å². The third kappa shape index (κ3) is 1.40. The lowest BCUT2D eigenvalue weighted by molar-refractivity contribution is 0.393. The molecule has 2 heterocycles. The highest BCUT2D eigenvalue weighted by molar-refractivity contribution is 5.92. The second-order valence-corrected chi connectivity index (χ2v) is 4.49. The van der Waals surface area contributed by atoms with Gasteiger partial charge in [-0.2, -0.15) is 0 Å². The summed E-state index contributed by atoms with van der Waals surface area (Å²) in [5, 5.41) is 3.97. The summed E-state index contributed by atoms with van der Waals surface area (Å²) in [6.45, 7) is 3.83. The van der Waals surface area contributed by atoms with Crippen molar-refractivity contribution in [1.29, 1.82) is 0 Å². The summed E-state index contributed by atoms with van der Waals surface area (Å²) in [5.41, 5.74) is 11.4. The summed E-state index contributed by atoms with van der Waals surface area (Å²) in [6, 6.07) is 3.98. The van der Waals surface area contributed by atoms with Gasteiger partial charge in [-0.25, -0.2) is 4.98 Å². The average molecular weight is 242 g/mol. The first-order valence-electron chi connectivity index (χ1n) is 5.71. The zero-order valence-corrected chi connectivity index (χ0v) is 10.6. The van der Waals surface area contributed by atoms with Gasteiger partial charge in [-0.05, 0) is 31.5 Å². The van der Waals surface area contributed by atoms with Gasteiger partial charge in [0.2, 0.25) is 0 Å². The zero-order valence-electron chi connectivity index (χ0n) is 10.6. The minimum atomic E-state index is 0.670. The Hall–Kier alpha value is -2.30. The summed E-state index contributed by atoms with van der Waals surface area (Å²) in [5.74, 6) is 0.799. The Bertz CT molecular complexity index is 719. The van der Waals surface area contributed by atoms with Crippen molar-refractivity contribution < 1.29 is 4.52 Å². The lowest BCUT2D eigenvalue weighted by Gasteiger charge is -2.04. The van der Waals surface area contributed by atoms with Crippen LogP contribution in [0.4, 0.5) is 5.69 Å². The smallest absolute Gasteiger partial charge is 0.141 e. The molecule has 0 radical (unpaired) electrons. The molecule has 0 atom stereocenters. The summed E-state index contributed by atoms with van der Waals surface area (Å²) in [7, 11) is 1.95. The van der Waals surface area contributed by atoms with E-state index < -0.39 is 0 Å². The van der Waals surface area contributed by atoms with Gasteiger partial charge in [-0.3, -0.25) is 0 Å². The Morgan fingerprint density at radius 3 is 2.72 bits per heavy atom. The van der Waals surface area contributed by atoms with Crippen LogP contribution in [0.1, 0.15) is 11.5 Å². The van der Waals surface area contributed by atoms with Gasteiger partial charge < -0.3 is 14.8 Å². The second-order valence-electron chi connectivity index (χ2n) is 4.49. The van der Waals surface area contributed by atoms with Gasteiger partial charge in [0.25, 0.3) is 0 Å². The van der Waals surface area contributed by atoms with E-state index in [1.807, 2.05) is 31.5 Å². The largest absolute Gasteiger partial charge is 0.397 e. The van der Waals surface area contributed by atoms with E-state index in [0.717, 1.165) is 33.6 Å².